The number of esters is 2. The van der Waals surface area contributed by atoms with Crippen molar-refractivity contribution in [2.45, 2.75) is 0 Å². The second-order valence-electron chi connectivity index (χ2n) is 1.85. The molecular weight excluding hydrogens is 210 g/mol. The molecule has 0 aromatic rings. The molecule has 0 bridgehead atoms. The van der Waals surface area contributed by atoms with E-state index >= 15 is 0 Å². The van der Waals surface area contributed by atoms with E-state index in [1.807, 2.05) is 0 Å². The molecule has 4 N–H and O–H groups in total. The van der Waals surface area contributed by atoms with E-state index < -0.39 is 11.9 Å². The van der Waals surface area contributed by atoms with E-state index in [1.165, 1.54) is 0 Å². The number of rotatable bonds is 4. The van der Waals surface area contributed by atoms with Crippen molar-refractivity contribution in [1.82, 2.24) is 0 Å². The van der Waals surface area contributed by atoms with Gasteiger partial charge in [0, 0.05) is 13.1 Å². The van der Waals surface area contributed by atoms with Gasteiger partial charge in [-0.1, -0.05) is 0 Å². The number of hydrogen-bond donors (Lipinski definition) is 2. The van der Waals surface area contributed by atoms with Crippen molar-refractivity contribution < 1.29 is 19.1 Å². The van der Waals surface area contributed by atoms with E-state index in [2.05, 4.69) is 9.47 Å². The molecule has 0 aromatic carbocycles. The summed E-state index contributed by atoms with van der Waals surface area (Å²) in [7, 11) is 0. The first-order valence-electron chi connectivity index (χ1n) is 3.46. The molecule has 0 aliphatic heterocycles. The average molecular weight is 224 g/mol. The Labute approximate surface area is 127 Å². The van der Waals surface area contributed by atoms with Gasteiger partial charge in [-0.15, -0.1) is 0 Å². The number of hydrogen-bond acceptors (Lipinski definition) is 6. The van der Waals surface area contributed by atoms with Gasteiger partial charge >= 0.3 is 71.1 Å². The summed E-state index contributed by atoms with van der Waals surface area (Å²) in [4.78, 5) is 21.2. The van der Waals surface area contributed by atoms with Crippen LogP contribution in [0.4, 0.5) is 0 Å². The average Bonchev–Trinajstić information content (AvgIpc) is 2.10. The van der Waals surface area contributed by atoms with Crippen LogP contribution >= 0.6 is 0 Å². The molecule has 14 heavy (non-hydrogen) atoms. The van der Waals surface area contributed by atoms with Crippen LogP contribution in [0.25, 0.3) is 0 Å². The molecule has 0 aliphatic rings. The van der Waals surface area contributed by atoms with Crippen LogP contribution in [0.2, 0.25) is 0 Å². The van der Waals surface area contributed by atoms with Crippen molar-refractivity contribution in [2.24, 2.45) is 11.5 Å². The Kier molecular flexibility index (Phi) is 20.1. The van der Waals surface area contributed by atoms with Gasteiger partial charge in [-0.25, -0.2) is 9.59 Å². The summed E-state index contributed by atoms with van der Waals surface area (Å²) >= 11 is 0. The van der Waals surface area contributed by atoms with Crippen LogP contribution in [0.3, 0.4) is 0 Å². The van der Waals surface area contributed by atoms with Crippen molar-refractivity contribution in [3.05, 3.63) is 0 Å². The third kappa shape index (κ3) is 10.9. The molecule has 6 nitrogen and oxygen atoms in total. The van der Waals surface area contributed by atoms with E-state index in [0.29, 0.717) is 0 Å². The number of carbonyl (C=O) groups excluding carboxylic acids is 2. The van der Waals surface area contributed by atoms with Gasteiger partial charge < -0.3 is 20.9 Å². The molecular formula is C6H14N2Na2O4. The maximum atomic E-state index is 10.6. The van der Waals surface area contributed by atoms with Crippen molar-refractivity contribution >= 4 is 71.1 Å². The van der Waals surface area contributed by atoms with Gasteiger partial charge in [-0.2, -0.15) is 0 Å². The zero-order valence-corrected chi connectivity index (χ0v) is 6.62. The predicted octanol–water partition coefficient (Wildman–Crippen LogP) is -3.31. The molecule has 0 saturated carbocycles. The molecule has 0 spiro atoms. The fraction of sp³-hybridized carbons (Fsp3) is 0.667. The van der Waals surface area contributed by atoms with Crippen LogP contribution in [0, 0.1) is 0 Å². The van der Waals surface area contributed by atoms with Crippen molar-refractivity contribution in [2.75, 3.05) is 26.3 Å². The number of nitrogens with two attached hydrogens (primary N) is 2. The Morgan fingerprint density at radius 1 is 0.857 bits per heavy atom. The van der Waals surface area contributed by atoms with Crippen LogP contribution < -0.4 is 11.5 Å². The topological polar surface area (TPSA) is 105 Å². The molecule has 0 fully saturated rings. The third-order valence-electron chi connectivity index (χ3n) is 0.869. The molecule has 0 aliphatic carbocycles. The monoisotopic (exact) mass is 224 g/mol. The van der Waals surface area contributed by atoms with Crippen molar-refractivity contribution in [1.29, 1.82) is 0 Å². The summed E-state index contributed by atoms with van der Waals surface area (Å²) in [5, 5.41) is 0. The Balaban J connectivity index is -0.000000605. The van der Waals surface area contributed by atoms with E-state index in [-0.39, 0.29) is 85.4 Å². The zero-order valence-electron chi connectivity index (χ0n) is 6.62. The Morgan fingerprint density at radius 3 is 1.36 bits per heavy atom. The van der Waals surface area contributed by atoms with Gasteiger partial charge in [0.15, 0.2) is 0 Å². The van der Waals surface area contributed by atoms with E-state index in [9.17, 15) is 9.59 Å². The van der Waals surface area contributed by atoms with Gasteiger partial charge in [0.1, 0.15) is 13.2 Å². The summed E-state index contributed by atoms with van der Waals surface area (Å²) in [6.45, 7) is 0.374. The fourth-order valence-electron chi connectivity index (χ4n) is 0.421. The zero-order chi connectivity index (χ0) is 9.40. The third-order valence-corrected chi connectivity index (χ3v) is 0.869. The number of carbonyl (C=O) groups is 2. The van der Waals surface area contributed by atoms with Gasteiger partial charge in [0.25, 0.3) is 0 Å². The predicted molar refractivity (Wildman–Crippen MR) is 54.3 cm³/mol. The normalized spacial score (nSPS) is 7.86. The molecule has 0 amide bonds. The van der Waals surface area contributed by atoms with Crippen LogP contribution in [0.15, 0.2) is 0 Å². The number of ether oxygens (including phenoxy) is 2. The molecule has 0 unspecified atom stereocenters. The molecule has 0 radical (unpaired) electrons. The van der Waals surface area contributed by atoms with E-state index in [4.69, 9.17) is 11.5 Å². The second kappa shape index (κ2) is 13.9. The molecule has 74 valence electrons. The Bertz CT molecular complexity index is 150. The van der Waals surface area contributed by atoms with Gasteiger partial charge in [-0.05, 0) is 0 Å². The summed E-state index contributed by atoms with van der Waals surface area (Å²) in [5.41, 5.74) is 10.1. The summed E-state index contributed by atoms with van der Waals surface area (Å²) in [5.74, 6) is -2.07. The van der Waals surface area contributed by atoms with Crippen LogP contribution in [-0.4, -0.2) is 97.4 Å². The maximum absolute atomic E-state index is 10.6. The van der Waals surface area contributed by atoms with Crippen molar-refractivity contribution in [3.63, 3.8) is 0 Å². The van der Waals surface area contributed by atoms with Crippen LogP contribution in [0.5, 0.6) is 0 Å². The second-order valence-corrected chi connectivity index (χ2v) is 1.85. The quantitative estimate of drug-likeness (QED) is 0.294. The molecule has 0 heterocycles. The fourth-order valence-corrected chi connectivity index (χ4v) is 0.421. The molecule has 0 atom stereocenters. The summed E-state index contributed by atoms with van der Waals surface area (Å²) in [6, 6.07) is 0. The van der Waals surface area contributed by atoms with Crippen LogP contribution in [0.1, 0.15) is 0 Å². The van der Waals surface area contributed by atoms with Crippen molar-refractivity contribution in [3.8, 4) is 0 Å². The minimum absolute atomic E-state index is 0. The standard InChI is InChI=1S/C6H12N2O4.2Na.2H/c7-1-3-11-5(9)6(10)12-4-2-8;;;;/h1-4,7-8H2;;;;. The first kappa shape index (κ1) is 20.3. The van der Waals surface area contributed by atoms with Gasteiger partial charge in [-0.3, -0.25) is 0 Å². The Morgan fingerprint density at radius 2 is 1.14 bits per heavy atom. The van der Waals surface area contributed by atoms with Gasteiger partial charge in [0.2, 0.25) is 0 Å². The van der Waals surface area contributed by atoms with Gasteiger partial charge in [0.05, 0.1) is 0 Å². The van der Waals surface area contributed by atoms with E-state index in [1.54, 1.807) is 0 Å². The molecule has 0 saturated heterocycles. The molecule has 0 rings (SSSR count). The molecule has 8 heteroatoms. The first-order chi connectivity index (χ1) is 5.72. The molecule has 0 aromatic heterocycles. The Hall–Kier alpha value is 0.860. The van der Waals surface area contributed by atoms with Crippen LogP contribution in [-0.2, 0) is 19.1 Å². The SMILES string of the molecule is NCCOC(=O)C(=O)OCCN.[NaH].[NaH]. The summed E-state index contributed by atoms with van der Waals surface area (Å²) < 4.78 is 8.74. The summed E-state index contributed by atoms with van der Waals surface area (Å²) in [6.07, 6.45) is 0. The van der Waals surface area contributed by atoms with E-state index in [0.717, 1.165) is 0 Å². The minimum atomic E-state index is -1.03. The first-order valence-corrected chi connectivity index (χ1v) is 3.46.